The zero-order valence-electron chi connectivity index (χ0n) is 17.8. The third-order valence-electron chi connectivity index (χ3n) is 4.79. The molecule has 168 valence electrons. The van der Waals surface area contributed by atoms with Crippen molar-refractivity contribution in [1.82, 2.24) is 0 Å². The standard InChI is InChI=1S/C23H23ClN2O6/c1-3-31-22(29)15-10-16(23(30)32-4-2)12-17(11-15)25-21(28)14-7-8-18(24)19(13-14)26-9-5-6-20(26)27/h7-8,10-13H,3-6,9H2,1-2H3,(H,25,28). The fourth-order valence-electron chi connectivity index (χ4n) is 3.33. The second kappa shape index (κ2) is 10.3. The maximum Gasteiger partial charge on any atom is 0.338 e. The van der Waals surface area contributed by atoms with Gasteiger partial charge in [0.2, 0.25) is 5.91 Å². The van der Waals surface area contributed by atoms with Crippen LogP contribution in [0.1, 0.15) is 57.8 Å². The summed E-state index contributed by atoms with van der Waals surface area (Å²) in [6.07, 6.45) is 1.16. The minimum atomic E-state index is -0.629. The number of nitrogens with one attached hydrogen (secondary N) is 1. The molecule has 0 aromatic heterocycles. The van der Waals surface area contributed by atoms with Crippen LogP contribution >= 0.6 is 11.6 Å². The zero-order valence-corrected chi connectivity index (χ0v) is 18.5. The van der Waals surface area contributed by atoms with Crippen LogP contribution in [0.2, 0.25) is 5.02 Å². The lowest BCUT2D eigenvalue weighted by molar-refractivity contribution is -0.117. The van der Waals surface area contributed by atoms with Gasteiger partial charge in [-0.3, -0.25) is 9.59 Å². The summed E-state index contributed by atoms with van der Waals surface area (Å²) in [6, 6.07) is 8.81. The Hall–Kier alpha value is -3.39. The first-order chi connectivity index (χ1) is 15.3. The van der Waals surface area contributed by atoms with Crippen molar-refractivity contribution in [2.45, 2.75) is 26.7 Å². The van der Waals surface area contributed by atoms with Crippen LogP contribution in [0, 0.1) is 0 Å². The molecule has 8 nitrogen and oxygen atoms in total. The van der Waals surface area contributed by atoms with E-state index >= 15 is 0 Å². The highest BCUT2D eigenvalue weighted by molar-refractivity contribution is 6.34. The Morgan fingerprint density at radius 2 is 1.59 bits per heavy atom. The van der Waals surface area contributed by atoms with Gasteiger partial charge in [0.25, 0.3) is 5.91 Å². The number of carbonyl (C=O) groups is 4. The van der Waals surface area contributed by atoms with Gasteiger partial charge in [0, 0.05) is 24.2 Å². The molecule has 0 aliphatic carbocycles. The predicted molar refractivity (Wildman–Crippen MR) is 119 cm³/mol. The van der Waals surface area contributed by atoms with Gasteiger partial charge in [0.15, 0.2) is 0 Å². The second-order valence-electron chi connectivity index (χ2n) is 7.01. The summed E-state index contributed by atoms with van der Waals surface area (Å²) in [4.78, 5) is 51.0. The van der Waals surface area contributed by atoms with E-state index in [2.05, 4.69) is 5.32 Å². The van der Waals surface area contributed by atoms with Gasteiger partial charge in [0.1, 0.15) is 0 Å². The van der Waals surface area contributed by atoms with Crippen molar-refractivity contribution in [3.8, 4) is 0 Å². The Morgan fingerprint density at radius 3 is 2.12 bits per heavy atom. The molecule has 1 fully saturated rings. The molecule has 1 heterocycles. The van der Waals surface area contributed by atoms with Crippen molar-refractivity contribution in [3.63, 3.8) is 0 Å². The van der Waals surface area contributed by atoms with Crippen molar-refractivity contribution in [1.29, 1.82) is 0 Å². The lowest BCUT2D eigenvalue weighted by Crippen LogP contribution is -2.24. The Bertz CT molecular complexity index is 1030. The molecule has 1 aliphatic heterocycles. The molecule has 2 amide bonds. The molecule has 2 aromatic carbocycles. The summed E-state index contributed by atoms with van der Waals surface area (Å²) in [5, 5.41) is 3.05. The average Bonchev–Trinajstić information content (AvgIpc) is 3.19. The van der Waals surface area contributed by atoms with Crippen molar-refractivity contribution in [2.75, 3.05) is 30.0 Å². The van der Waals surface area contributed by atoms with Crippen molar-refractivity contribution in [3.05, 3.63) is 58.1 Å². The predicted octanol–water partition coefficient (Wildman–Crippen LogP) is 4.07. The molecule has 0 atom stereocenters. The fraction of sp³-hybridized carbons (Fsp3) is 0.304. The molecule has 0 spiro atoms. The van der Waals surface area contributed by atoms with Crippen LogP contribution in [0.3, 0.4) is 0 Å². The van der Waals surface area contributed by atoms with E-state index < -0.39 is 17.8 Å². The van der Waals surface area contributed by atoms with Gasteiger partial charge in [-0.15, -0.1) is 0 Å². The van der Waals surface area contributed by atoms with Gasteiger partial charge in [-0.05, 0) is 56.7 Å². The molecular formula is C23H23ClN2O6. The number of halogens is 1. The van der Waals surface area contributed by atoms with E-state index in [4.69, 9.17) is 21.1 Å². The van der Waals surface area contributed by atoms with Gasteiger partial charge >= 0.3 is 11.9 Å². The Morgan fingerprint density at radius 1 is 0.969 bits per heavy atom. The lowest BCUT2D eigenvalue weighted by atomic mass is 10.1. The molecule has 1 aliphatic rings. The van der Waals surface area contributed by atoms with Crippen LogP contribution in [0.15, 0.2) is 36.4 Å². The molecule has 0 unspecified atom stereocenters. The maximum atomic E-state index is 12.9. The van der Waals surface area contributed by atoms with Gasteiger partial charge in [-0.1, -0.05) is 11.6 Å². The number of ether oxygens (including phenoxy) is 2. The number of anilines is 2. The Labute approximate surface area is 190 Å². The summed E-state index contributed by atoms with van der Waals surface area (Å²) in [6.45, 7) is 4.19. The molecule has 1 saturated heterocycles. The molecule has 0 bridgehead atoms. The van der Waals surface area contributed by atoms with Crippen LogP contribution in [0.4, 0.5) is 11.4 Å². The maximum absolute atomic E-state index is 12.9. The second-order valence-corrected chi connectivity index (χ2v) is 7.42. The highest BCUT2D eigenvalue weighted by atomic mass is 35.5. The summed E-state index contributed by atoms with van der Waals surface area (Å²) >= 11 is 6.25. The van der Waals surface area contributed by atoms with E-state index in [0.29, 0.717) is 23.7 Å². The first kappa shape index (κ1) is 23.3. The number of nitrogens with zero attached hydrogens (tertiary/aromatic N) is 1. The van der Waals surface area contributed by atoms with Crippen LogP contribution in [0.5, 0.6) is 0 Å². The zero-order chi connectivity index (χ0) is 23.3. The Balaban J connectivity index is 1.90. The van der Waals surface area contributed by atoms with Crippen molar-refractivity contribution in [2.24, 2.45) is 0 Å². The molecule has 1 N–H and O–H groups in total. The van der Waals surface area contributed by atoms with E-state index in [1.54, 1.807) is 30.9 Å². The van der Waals surface area contributed by atoms with Crippen molar-refractivity contribution >= 4 is 46.7 Å². The molecule has 3 rings (SSSR count). The number of carbonyl (C=O) groups excluding carboxylic acids is 4. The fourth-order valence-corrected chi connectivity index (χ4v) is 3.55. The van der Waals surface area contributed by atoms with Crippen LogP contribution in [0.25, 0.3) is 0 Å². The average molecular weight is 459 g/mol. The molecular weight excluding hydrogens is 436 g/mol. The molecule has 0 saturated carbocycles. The molecule has 32 heavy (non-hydrogen) atoms. The van der Waals surface area contributed by atoms with Crippen LogP contribution in [-0.4, -0.2) is 43.5 Å². The lowest BCUT2D eigenvalue weighted by Gasteiger charge is -2.18. The number of hydrogen-bond acceptors (Lipinski definition) is 6. The highest BCUT2D eigenvalue weighted by Crippen LogP contribution is 2.30. The van der Waals surface area contributed by atoms with E-state index in [-0.39, 0.29) is 41.5 Å². The van der Waals surface area contributed by atoms with E-state index in [1.807, 2.05) is 0 Å². The number of benzene rings is 2. The van der Waals surface area contributed by atoms with Crippen LogP contribution < -0.4 is 10.2 Å². The van der Waals surface area contributed by atoms with E-state index in [1.165, 1.54) is 24.3 Å². The number of amides is 2. The normalized spacial score (nSPS) is 13.1. The first-order valence-electron chi connectivity index (χ1n) is 10.2. The van der Waals surface area contributed by atoms with Gasteiger partial charge in [0.05, 0.1) is 35.1 Å². The largest absolute Gasteiger partial charge is 0.462 e. The first-order valence-corrected chi connectivity index (χ1v) is 10.6. The SMILES string of the molecule is CCOC(=O)c1cc(NC(=O)c2ccc(Cl)c(N3CCCC3=O)c2)cc(C(=O)OCC)c1. The quantitative estimate of drug-likeness (QED) is 0.627. The molecule has 2 aromatic rings. The summed E-state index contributed by atoms with van der Waals surface area (Å²) in [5.74, 6) is -1.80. The van der Waals surface area contributed by atoms with E-state index in [0.717, 1.165) is 6.42 Å². The van der Waals surface area contributed by atoms with Crippen molar-refractivity contribution < 1.29 is 28.7 Å². The van der Waals surface area contributed by atoms with Crippen LogP contribution in [-0.2, 0) is 14.3 Å². The third kappa shape index (κ3) is 5.26. The topological polar surface area (TPSA) is 102 Å². The smallest absolute Gasteiger partial charge is 0.338 e. The molecule has 9 heteroatoms. The summed E-state index contributed by atoms with van der Waals surface area (Å²) in [5.41, 5.74) is 1.16. The van der Waals surface area contributed by atoms with Gasteiger partial charge in [-0.2, -0.15) is 0 Å². The number of rotatable bonds is 7. The molecule has 0 radical (unpaired) electrons. The highest BCUT2D eigenvalue weighted by Gasteiger charge is 2.25. The third-order valence-corrected chi connectivity index (χ3v) is 5.11. The van der Waals surface area contributed by atoms with E-state index in [9.17, 15) is 19.2 Å². The van der Waals surface area contributed by atoms with Gasteiger partial charge < -0.3 is 19.7 Å². The summed E-state index contributed by atoms with van der Waals surface area (Å²) < 4.78 is 10.0. The minimum Gasteiger partial charge on any atom is -0.462 e. The summed E-state index contributed by atoms with van der Waals surface area (Å²) in [7, 11) is 0. The Kier molecular flexibility index (Phi) is 7.48. The number of hydrogen-bond donors (Lipinski definition) is 1. The monoisotopic (exact) mass is 458 g/mol. The number of esters is 2. The van der Waals surface area contributed by atoms with Gasteiger partial charge in [-0.25, -0.2) is 9.59 Å². The minimum absolute atomic E-state index is 0.0503.